The van der Waals surface area contributed by atoms with Crippen molar-refractivity contribution in [3.8, 4) is 0 Å². The van der Waals surface area contributed by atoms with Crippen LogP contribution in [0.3, 0.4) is 0 Å². The summed E-state index contributed by atoms with van der Waals surface area (Å²) in [5, 5.41) is 3.43. The molecule has 0 amide bonds. The van der Waals surface area contributed by atoms with Gasteiger partial charge in [-0.25, -0.2) is 4.98 Å². The van der Waals surface area contributed by atoms with E-state index >= 15 is 0 Å². The minimum absolute atomic E-state index is 0.457. The number of hydrogen-bond donors (Lipinski definition) is 0. The summed E-state index contributed by atoms with van der Waals surface area (Å²) in [7, 11) is 0. The third-order valence-electron chi connectivity index (χ3n) is 4.63. The van der Waals surface area contributed by atoms with E-state index in [9.17, 15) is 0 Å². The molecule has 0 unspecified atom stereocenters. The van der Waals surface area contributed by atoms with Gasteiger partial charge in [-0.3, -0.25) is 4.90 Å². The standard InChI is InChI=1S/C19H21N3S/c1-15-18-8-5-9-21(18)10-11-22(15)13-17-14-23-19(20-17)12-16-6-3-2-4-7-16/h2-9,14-15H,10-13H2,1H3/t15-/m0/s1. The minimum atomic E-state index is 0.457. The molecule has 0 spiro atoms. The van der Waals surface area contributed by atoms with Crippen LogP contribution < -0.4 is 0 Å². The molecule has 3 aromatic rings. The van der Waals surface area contributed by atoms with Crippen molar-refractivity contribution in [1.82, 2.24) is 14.5 Å². The lowest BCUT2D eigenvalue weighted by Gasteiger charge is -2.34. The van der Waals surface area contributed by atoms with E-state index < -0.39 is 0 Å². The van der Waals surface area contributed by atoms with Crippen LogP contribution in [0.1, 0.15) is 34.9 Å². The van der Waals surface area contributed by atoms with Crippen molar-refractivity contribution in [2.45, 2.75) is 32.5 Å². The van der Waals surface area contributed by atoms with E-state index in [1.54, 1.807) is 11.3 Å². The molecule has 118 valence electrons. The predicted octanol–water partition coefficient (Wildman–Crippen LogP) is 4.11. The molecule has 3 nitrogen and oxygen atoms in total. The fraction of sp³-hybridized carbons (Fsp3) is 0.316. The van der Waals surface area contributed by atoms with Crippen LogP contribution >= 0.6 is 11.3 Å². The van der Waals surface area contributed by atoms with Crippen molar-refractivity contribution in [2.75, 3.05) is 6.54 Å². The van der Waals surface area contributed by atoms with Crippen LogP contribution in [-0.2, 0) is 19.5 Å². The van der Waals surface area contributed by atoms with E-state index in [1.165, 1.54) is 22.0 Å². The molecule has 0 fully saturated rings. The van der Waals surface area contributed by atoms with Gasteiger partial charge in [-0.1, -0.05) is 30.3 Å². The molecule has 0 saturated heterocycles. The monoisotopic (exact) mass is 323 g/mol. The molecular formula is C19H21N3S. The van der Waals surface area contributed by atoms with Gasteiger partial charge < -0.3 is 4.57 Å². The van der Waals surface area contributed by atoms with Gasteiger partial charge in [0.05, 0.1) is 10.7 Å². The van der Waals surface area contributed by atoms with Gasteiger partial charge in [0, 0.05) is 49.4 Å². The maximum absolute atomic E-state index is 4.85. The molecule has 4 heteroatoms. The molecule has 0 aliphatic carbocycles. The summed E-state index contributed by atoms with van der Waals surface area (Å²) in [5.41, 5.74) is 3.95. The Kier molecular flexibility index (Phi) is 4.02. The summed E-state index contributed by atoms with van der Waals surface area (Å²) in [5.74, 6) is 0. The number of nitrogens with zero attached hydrogens (tertiary/aromatic N) is 3. The third kappa shape index (κ3) is 3.09. The molecule has 4 rings (SSSR count). The molecule has 1 aromatic carbocycles. The van der Waals surface area contributed by atoms with E-state index in [4.69, 9.17) is 4.98 Å². The van der Waals surface area contributed by atoms with E-state index in [0.29, 0.717) is 6.04 Å². The lowest BCUT2D eigenvalue weighted by Crippen LogP contribution is -2.35. The van der Waals surface area contributed by atoms with E-state index in [2.05, 4.69) is 70.4 Å². The van der Waals surface area contributed by atoms with Crippen LogP contribution in [0.5, 0.6) is 0 Å². The van der Waals surface area contributed by atoms with Crippen molar-refractivity contribution in [2.24, 2.45) is 0 Å². The summed E-state index contributed by atoms with van der Waals surface area (Å²) in [6, 6.07) is 15.4. The van der Waals surface area contributed by atoms with Crippen molar-refractivity contribution < 1.29 is 0 Å². The number of benzene rings is 1. The van der Waals surface area contributed by atoms with Crippen LogP contribution in [-0.4, -0.2) is 21.0 Å². The zero-order chi connectivity index (χ0) is 15.6. The van der Waals surface area contributed by atoms with Gasteiger partial charge in [-0.15, -0.1) is 11.3 Å². The van der Waals surface area contributed by atoms with Crippen LogP contribution in [0.4, 0.5) is 0 Å². The average molecular weight is 323 g/mol. The van der Waals surface area contributed by atoms with E-state index in [1.807, 2.05) is 0 Å². The van der Waals surface area contributed by atoms with Gasteiger partial charge in [0.15, 0.2) is 0 Å². The molecule has 1 aliphatic heterocycles. The smallest absolute Gasteiger partial charge is 0.0972 e. The Morgan fingerprint density at radius 2 is 2.00 bits per heavy atom. The highest BCUT2D eigenvalue weighted by molar-refractivity contribution is 7.09. The van der Waals surface area contributed by atoms with Gasteiger partial charge in [0.25, 0.3) is 0 Å². The summed E-state index contributed by atoms with van der Waals surface area (Å²) in [4.78, 5) is 7.37. The van der Waals surface area contributed by atoms with E-state index in [-0.39, 0.29) is 0 Å². The van der Waals surface area contributed by atoms with Gasteiger partial charge in [0.2, 0.25) is 0 Å². The first-order valence-corrected chi connectivity index (χ1v) is 9.04. The quantitative estimate of drug-likeness (QED) is 0.720. The lowest BCUT2D eigenvalue weighted by molar-refractivity contribution is 0.159. The largest absolute Gasteiger partial charge is 0.349 e. The maximum Gasteiger partial charge on any atom is 0.0972 e. The Balaban J connectivity index is 1.44. The van der Waals surface area contributed by atoms with E-state index in [0.717, 1.165) is 26.1 Å². The van der Waals surface area contributed by atoms with Gasteiger partial charge in [0.1, 0.15) is 0 Å². The van der Waals surface area contributed by atoms with Crippen molar-refractivity contribution in [1.29, 1.82) is 0 Å². The number of thiazole rings is 1. The van der Waals surface area contributed by atoms with Crippen molar-refractivity contribution >= 4 is 11.3 Å². The normalized spacial score (nSPS) is 18.0. The molecular weight excluding hydrogens is 302 g/mol. The number of hydrogen-bond acceptors (Lipinski definition) is 3. The summed E-state index contributed by atoms with van der Waals surface area (Å²) >= 11 is 1.78. The summed E-state index contributed by atoms with van der Waals surface area (Å²) < 4.78 is 2.36. The van der Waals surface area contributed by atoms with Crippen LogP contribution in [0.2, 0.25) is 0 Å². The summed E-state index contributed by atoms with van der Waals surface area (Å²) in [6.45, 7) is 5.40. The SMILES string of the molecule is C[C@H]1c2cccn2CCN1Cc1csc(Cc2ccccc2)n1. The second-order valence-corrected chi connectivity index (χ2v) is 7.11. The minimum Gasteiger partial charge on any atom is -0.349 e. The van der Waals surface area contributed by atoms with Gasteiger partial charge in [-0.05, 0) is 24.6 Å². The Bertz CT molecular complexity index is 775. The van der Waals surface area contributed by atoms with Crippen LogP contribution in [0, 0.1) is 0 Å². The maximum atomic E-state index is 4.85. The van der Waals surface area contributed by atoms with Gasteiger partial charge >= 0.3 is 0 Å². The van der Waals surface area contributed by atoms with Gasteiger partial charge in [-0.2, -0.15) is 0 Å². The fourth-order valence-electron chi connectivity index (χ4n) is 3.32. The average Bonchev–Trinajstić information content (AvgIpc) is 3.21. The highest BCUT2D eigenvalue weighted by Gasteiger charge is 2.23. The Hall–Kier alpha value is -1.91. The highest BCUT2D eigenvalue weighted by Crippen LogP contribution is 2.27. The van der Waals surface area contributed by atoms with Crippen molar-refractivity contribution in [3.63, 3.8) is 0 Å². The Morgan fingerprint density at radius 3 is 2.87 bits per heavy atom. The number of aromatic nitrogens is 2. The molecule has 3 heterocycles. The topological polar surface area (TPSA) is 21.1 Å². The first-order chi connectivity index (χ1) is 11.3. The molecule has 0 saturated carbocycles. The number of rotatable bonds is 4. The van der Waals surface area contributed by atoms with Crippen molar-refractivity contribution in [3.05, 3.63) is 76.0 Å². The van der Waals surface area contributed by atoms with Crippen LogP contribution in [0.25, 0.3) is 0 Å². The molecule has 0 N–H and O–H groups in total. The molecule has 2 aromatic heterocycles. The lowest BCUT2D eigenvalue weighted by atomic mass is 10.1. The zero-order valence-electron chi connectivity index (χ0n) is 13.4. The second kappa shape index (κ2) is 6.30. The highest BCUT2D eigenvalue weighted by atomic mass is 32.1. The number of fused-ring (bicyclic) bond motifs is 1. The summed E-state index contributed by atoms with van der Waals surface area (Å²) in [6.07, 6.45) is 3.12. The molecule has 1 aliphatic rings. The van der Waals surface area contributed by atoms with Crippen LogP contribution in [0.15, 0.2) is 54.0 Å². The Morgan fingerprint density at radius 1 is 1.13 bits per heavy atom. The third-order valence-corrected chi connectivity index (χ3v) is 5.53. The molecule has 23 heavy (non-hydrogen) atoms. The predicted molar refractivity (Wildman–Crippen MR) is 94.6 cm³/mol. The first-order valence-electron chi connectivity index (χ1n) is 8.16. The molecule has 0 radical (unpaired) electrons. The first kappa shape index (κ1) is 14.7. The Labute approximate surface area is 141 Å². The molecule has 1 atom stereocenters. The zero-order valence-corrected chi connectivity index (χ0v) is 14.2. The second-order valence-electron chi connectivity index (χ2n) is 6.17. The fourth-order valence-corrected chi connectivity index (χ4v) is 4.14. The molecule has 0 bridgehead atoms.